The molecular formula is C15H18F2N2O2. The zero-order valence-corrected chi connectivity index (χ0v) is 11.9. The molecule has 21 heavy (non-hydrogen) atoms. The van der Waals surface area contributed by atoms with Crippen molar-refractivity contribution in [3.63, 3.8) is 0 Å². The van der Waals surface area contributed by atoms with Crippen LogP contribution in [0.3, 0.4) is 0 Å². The van der Waals surface area contributed by atoms with E-state index in [2.05, 4.69) is 5.32 Å². The molecule has 0 aromatic heterocycles. The Morgan fingerprint density at radius 2 is 2.14 bits per heavy atom. The number of likely N-dealkylation sites (tertiary alicyclic amines) is 1. The molecule has 1 unspecified atom stereocenters. The summed E-state index contributed by atoms with van der Waals surface area (Å²) in [5.41, 5.74) is -0.239. The lowest BCUT2D eigenvalue weighted by Gasteiger charge is -2.31. The van der Waals surface area contributed by atoms with Gasteiger partial charge >= 0.3 is 0 Å². The van der Waals surface area contributed by atoms with Gasteiger partial charge in [0, 0.05) is 13.6 Å². The molecule has 0 saturated carbocycles. The molecule has 1 aliphatic rings. The summed E-state index contributed by atoms with van der Waals surface area (Å²) in [4.78, 5) is 25.5. The second-order valence-corrected chi connectivity index (χ2v) is 5.24. The van der Waals surface area contributed by atoms with Gasteiger partial charge in [0.15, 0.2) is 5.78 Å². The summed E-state index contributed by atoms with van der Waals surface area (Å²) in [5.74, 6) is -2.04. The van der Waals surface area contributed by atoms with Gasteiger partial charge in [-0.15, -0.1) is 0 Å². The Labute approximate surface area is 122 Å². The van der Waals surface area contributed by atoms with Gasteiger partial charge < -0.3 is 5.32 Å². The minimum Gasteiger partial charge on any atom is -0.359 e. The van der Waals surface area contributed by atoms with Gasteiger partial charge in [0.1, 0.15) is 11.6 Å². The smallest absolute Gasteiger partial charge is 0.224 e. The van der Waals surface area contributed by atoms with Crippen molar-refractivity contribution in [1.82, 2.24) is 10.2 Å². The maximum atomic E-state index is 13.6. The maximum Gasteiger partial charge on any atom is 0.224 e. The average molecular weight is 296 g/mol. The number of ketones is 1. The third-order valence-corrected chi connectivity index (χ3v) is 3.72. The van der Waals surface area contributed by atoms with E-state index in [4.69, 9.17) is 0 Å². The number of carbonyl (C=O) groups is 2. The minimum absolute atomic E-state index is 0.00608. The molecule has 114 valence electrons. The number of nitrogens with one attached hydrogen (secondary N) is 1. The number of carbonyl (C=O) groups excluding carboxylic acids is 2. The molecule has 6 heteroatoms. The number of benzene rings is 1. The van der Waals surface area contributed by atoms with Crippen molar-refractivity contribution in [3.05, 3.63) is 35.4 Å². The van der Waals surface area contributed by atoms with E-state index in [9.17, 15) is 18.4 Å². The van der Waals surface area contributed by atoms with Crippen LogP contribution in [0.25, 0.3) is 0 Å². The van der Waals surface area contributed by atoms with Crippen LogP contribution in [0.2, 0.25) is 0 Å². The predicted octanol–water partition coefficient (Wildman–Crippen LogP) is 1.61. The topological polar surface area (TPSA) is 49.4 Å². The zero-order chi connectivity index (χ0) is 15.4. The summed E-state index contributed by atoms with van der Waals surface area (Å²) in [6.45, 7) is 1.13. The van der Waals surface area contributed by atoms with Crippen LogP contribution in [-0.4, -0.2) is 43.3 Å². The first kappa shape index (κ1) is 15.6. The Morgan fingerprint density at radius 3 is 2.86 bits per heavy atom. The highest BCUT2D eigenvalue weighted by atomic mass is 19.1. The number of halogens is 2. The Balaban J connectivity index is 2.02. The molecule has 1 aliphatic heterocycles. The van der Waals surface area contributed by atoms with Gasteiger partial charge in [-0.05, 0) is 37.6 Å². The second-order valence-electron chi connectivity index (χ2n) is 5.24. The molecule has 1 atom stereocenters. The van der Waals surface area contributed by atoms with Gasteiger partial charge in [0.25, 0.3) is 0 Å². The Bertz CT molecular complexity index is 548. The van der Waals surface area contributed by atoms with E-state index in [1.54, 1.807) is 7.05 Å². The van der Waals surface area contributed by atoms with Gasteiger partial charge in [-0.3, -0.25) is 14.5 Å². The minimum atomic E-state index is -0.721. The average Bonchev–Trinajstić information content (AvgIpc) is 2.49. The lowest BCUT2D eigenvalue weighted by Crippen LogP contribution is -2.44. The van der Waals surface area contributed by atoms with Gasteiger partial charge in [-0.25, -0.2) is 8.78 Å². The third kappa shape index (κ3) is 3.85. The predicted molar refractivity (Wildman–Crippen MR) is 73.9 cm³/mol. The van der Waals surface area contributed by atoms with Crippen LogP contribution in [0.1, 0.15) is 23.2 Å². The summed E-state index contributed by atoms with van der Waals surface area (Å²) in [6, 6.07) is 2.85. The van der Waals surface area contributed by atoms with E-state index in [0.29, 0.717) is 13.1 Å². The maximum absolute atomic E-state index is 13.6. The molecule has 1 amide bonds. The number of Topliss-reactive ketones (excluding diaryl/α,β-unsaturated/α-hetero) is 1. The number of hydrogen-bond acceptors (Lipinski definition) is 3. The van der Waals surface area contributed by atoms with Gasteiger partial charge in [-0.2, -0.15) is 0 Å². The van der Waals surface area contributed by atoms with E-state index in [1.807, 2.05) is 4.90 Å². The molecular weight excluding hydrogens is 278 g/mol. The van der Waals surface area contributed by atoms with Crippen molar-refractivity contribution in [1.29, 1.82) is 0 Å². The van der Waals surface area contributed by atoms with Crippen LogP contribution in [-0.2, 0) is 4.79 Å². The van der Waals surface area contributed by atoms with E-state index in [0.717, 1.165) is 31.0 Å². The van der Waals surface area contributed by atoms with Crippen molar-refractivity contribution in [3.8, 4) is 0 Å². The van der Waals surface area contributed by atoms with Crippen molar-refractivity contribution >= 4 is 11.7 Å². The molecule has 2 rings (SSSR count). The SMILES string of the molecule is CNC(=O)C1CCCN(CC(=O)c2cc(F)ccc2F)C1. The Hall–Kier alpha value is -1.82. The standard InChI is InChI=1S/C15H18F2N2O2/c1-18-15(21)10-3-2-6-19(8-10)9-14(20)12-7-11(16)4-5-13(12)17/h4-5,7,10H,2-3,6,8-9H2,1H3,(H,18,21). The highest BCUT2D eigenvalue weighted by Crippen LogP contribution is 2.18. The first-order valence-corrected chi connectivity index (χ1v) is 6.93. The fourth-order valence-corrected chi connectivity index (χ4v) is 2.62. The largest absolute Gasteiger partial charge is 0.359 e. The molecule has 0 aliphatic carbocycles. The van der Waals surface area contributed by atoms with E-state index in [-0.39, 0.29) is 23.9 Å². The molecule has 0 bridgehead atoms. The lowest BCUT2D eigenvalue weighted by molar-refractivity contribution is -0.126. The number of hydrogen-bond donors (Lipinski definition) is 1. The van der Waals surface area contributed by atoms with Crippen molar-refractivity contribution in [2.24, 2.45) is 5.92 Å². The van der Waals surface area contributed by atoms with Crippen molar-refractivity contribution in [2.75, 3.05) is 26.7 Å². The molecule has 0 spiro atoms. The van der Waals surface area contributed by atoms with Crippen LogP contribution < -0.4 is 5.32 Å². The first-order valence-electron chi connectivity index (χ1n) is 6.93. The quantitative estimate of drug-likeness (QED) is 0.859. The summed E-state index contributed by atoms with van der Waals surface area (Å²) < 4.78 is 26.7. The number of amides is 1. The molecule has 1 N–H and O–H groups in total. The van der Waals surface area contributed by atoms with E-state index in [1.165, 1.54) is 0 Å². The normalized spacial score (nSPS) is 19.3. The van der Waals surface area contributed by atoms with Crippen LogP contribution in [0.4, 0.5) is 8.78 Å². The lowest BCUT2D eigenvalue weighted by atomic mass is 9.96. The molecule has 1 aromatic rings. The second kappa shape index (κ2) is 6.76. The molecule has 1 saturated heterocycles. The monoisotopic (exact) mass is 296 g/mol. The van der Waals surface area contributed by atoms with Crippen LogP contribution in [0.5, 0.6) is 0 Å². The summed E-state index contributed by atoms with van der Waals surface area (Å²) in [7, 11) is 1.58. The first-order chi connectivity index (χ1) is 10.0. The van der Waals surface area contributed by atoms with Gasteiger partial charge in [0.05, 0.1) is 18.0 Å². The van der Waals surface area contributed by atoms with Crippen LogP contribution in [0, 0.1) is 17.6 Å². The fraction of sp³-hybridized carbons (Fsp3) is 0.467. The van der Waals surface area contributed by atoms with Gasteiger partial charge in [0.2, 0.25) is 5.91 Å². The van der Waals surface area contributed by atoms with Crippen molar-refractivity contribution < 1.29 is 18.4 Å². The third-order valence-electron chi connectivity index (χ3n) is 3.72. The number of nitrogens with zero attached hydrogens (tertiary/aromatic N) is 1. The summed E-state index contributed by atoms with van der Waals surface area (Å²) in [6.07, 6.45) is 1.58. The zero-order valence-electron chi connectivity index (χ0n) is 11.9. The number of piperidine rings is 1. The van der Waals surface area contributed by atoms with E-state index < -0.39 is 17.4 Å². The summed E-state index contributed by atoms with van der Waals surface area (Å²) in [5, 5.41) is 2.60. The molecule has 4 nitrogen and oxygen atoms in total. The summed E-state index contributed by atoms with van der Waals surface area (Å²) >= 11 is 0. The van der Waals surface area contributed by atoms with Crippen LogP contribution in [0.15, 0.2) is 18.2 Å². The molecule has 1 fully saturated rings. The Kier molecular flexibility index (Phi) is 5.01. The van der Waals surface area contributed by atoms with Crippen molar-refractivity contribution in [2.45, 2.75) is 12.8 Å². The highest BCUT2D eigenvalue weighted by Gasteiger charge is 2.26. The van der Waals surface area contributed by atoms with Gasteiger partial charge in [-0.1, -0.05) is 0 Å². The highest BCUT2D eigenvalue weighted by molar-refractivity contribution is 5.97. The fourth-order valence-electron chi connectivity index (χ4n) is 2.62. The molecule has 0 radical (unpaired) electrons. The Morgan fingerprint density at radius 1 is 1.38 bits per heavy atom. The number of rotatable bonds is 4. The van der Waals surface area contributed by atoms with Crippen LogP contribution >= 0.6 is 0 Å². The molecule has 1 heterocycles. The molecule has 1 aromatic carbocycles. The van der Waals surface area contributed by atoms with E-state index >= 15 is 0 Å².